The zero-order valence-corrected chi connectivity index (χ0v) is 15.7. The third-order valence-corrected chi connectivity index (χ3v) is 3.55. The van der Waals surface area contributed by atoms with Crippen LogP contribution in [-0.2, 0) is 18.9 Å². The minimum absolute atomic E-state index is 0.0423. The molecular weight excluding hydrogens is 304 g/mol. The Morgan fingerprint density at radius 3 is 1.42 bits per heavy atom. The summed E-state index contributed by atoms with van der Waals surface area (Å²) in [6.07, 6.45) is 3.66. The molecule has 0 fully saturated rings. The Hall–Kier alpha value is -1.78. The molecule has 0 aliphatic heterocycles. The topological polar surface area (TPSA) is 36.9 Å². The van der Waals surface area contributed by atoms with Gasteiger partial charge in [-0.25, -0.2) is 0 Å². The predicted molar refractivity (Wildman–Crippen MR) is 98.6 cm³/mol. The van der Waals surface area contributed by atoms with E-state index in [9.17, 15) is 0 Å². The molecule has 0 N–H and O–H groups in total. The normalized spacial score (nSPS) is 15.1. The minimum Gasteiger partial charge on any atom is -0.496 e. The van der Waals surface area contributed by atoms with E-state index in [-0.39, 0.29) is 12.2 Å². The van der Waals surface area contributed by atoms with Crippen LogP contribution in [0, 0.1) is 0 Å². The lowest BCUT2D eigenvalue weighted by Gasteiger charge is -2.12. The molecule has 0 heterocycles. The Labute approximate surface area is 146 Å². The second-order valence-corrected chi connectivity index (χ2v) is 5.98. The van der Waals surface area contributed by atoms with Gasteiger partial charge in [-0.15, -0.1) is 0 Å². The third kappa shape index (κ3) is 7.20. The molecule has 2 atom stereocenters. The summed E-state index contributed by atoms with van der Waals surface area (Å²) in [6.45, 7) is 9.19. The summed E-state index contributed by atoms with van der Waals surface area (Å²) in [5, 5.41) is 0. The SMILES string of the molecule is COCC(C)OC=C(C)c1ccc(C(C)=COC(C)COC)cc1. The standard InChI is InChI=1S/C20H30O4/c1-15(11-23-17(3)13-21-5)19-7-9-20(10-8-19)16(2)12-24-18(4)14-22-6/h7-12,17-18H,13-14H2,1-6H3. The third-order valence-electron chi connectivity index (χ3n) is 3.55. The number of allylic oxidation sites excluding steroid dienone is 2. The van der Waals surface area contributed by atoms with Crippen molar-refractivity contribution in [1.29, 1.82) is 0 Å². The Bertz CT molecular complexity index is 482. The summed E-state index contributed by atoms with van der Waals surface area (Å²) >= 11 is 0. The highest BCUT2D eigenvalue weighted by molar-refractivity contribution is 5.68. The summed E-state index contributed by atoms with van der Waals surface area (Å²) < 4.78 is 21.4. The molecule has 4 heteroatoms. The molecule has 0 aliphatic carbocycles. The summed E-state index contributed by atoms with van der Waals surface area (Å²) in [7, 11) is 3.34. The fourth-order valence-corrected chi connectivity index (χ4v) is 2.12. The molecule has 24 heavy (non-hydrogen) atoms. The van der Waals surface area contributed by atoms with Gasteiger partial charge >= 0.3 is 0 Å². The monoisotopic (exact) mass is 334 g/mol. The number of benzene rings is 1. The fourth-order valence-electron chi connectivity index (χ4n) is 2.12. The van der Waals surface area contributed by atoms with Gasteiger partial charge in [-0.2, -0.15) is 0 Å². The fraction of sp³-hybridized carbons (Fsp3) is 0.500. The van der Waals surface area contributed by atoms with Crippen molar-refractivity contribution in [3.8, 4) is 0 Å². The first-order chi connectivity index (χ1) is 11.5. The van der Waals surface area contributed by atoms with Crippen LogP contribution in [0.5, 0.6) is 0 Å². The molecule has 0 saturated heterocycles. The van der Waals surface area contributed by atoms with E-state index in [1.165, 1.54) is 0 Å². The van der Waals surface area contributed by atoms with Crippen LogP contribution in [0.1, 0.15) is 38.8 Å². The van der Waals surface area contributed by atoms with Crippen molar-refractivity contribution in [1.82, 2.24) is 0 Å². The van der Waals surface area contributed by atoms with Crippen LogP contribution in [0.25, 0.3) is 11.1 Å². The van der Waals surface area contributed by atoms with Crippen LogP contribution in [-0.4, -0.2) is 39.6 Å². The molecule has 0 spiro atoms. The Balaban J connectivity index is 2.67. The van der Waals surface area contributed by atoms with Crippen molar-refractivity contribution in [2.45, 2.75) is 39.9 Å². The maximum atomic E-state index is 5.63. The lowest BCUT2D eigenvalue weighted by molar-refractivity contribution is 0.0638. The van der Waals surface area contributed by atoms with Crippen LogP contribution in [0.2, 0.25) is 0 Å². The number of methoxy groups -OCH3 is 2. The Kier molecular flexibility index (Phi) is 9.20. The highest BCUT2D eigenvalue weighted by Gasteiger charge is 2.03. The van der Waals surface area contributed by atoms with E-state index in [1.54, 1.807) is 26.7 Å². The zero-order valence-electron chi connectivity index (χ0n) is 15.7. The molecule has 2 unspecified atom stereocenters. The lowest BCUT2D eigenvalue weighted by atomic mass is 10.0. The molecule has 0 bridgehead atoms. The van der Waals surface area contributed by atoms with Crippen LogP contribution in [0.4, 0.5) is 0 Å². The Morgan fingerprint density at radius 1 is 0.792 bits per heavy atom. The second-order valence-electron chi connectivity index (χ2n) is 5.98. The van der Waals surface area contributed by atoms with E-state index in [4.69, 9.17) is 18.9 Å². The van der Waals surface area contributed by atoms with Crippen molar-refractivity contribution in [3.05, 3.63) is 47.9 Å². The molecule has 1 rings (SSSR count). The zero-order chi connectivity index (χ0) is 17.9. The number of hydrogen-bond donors (Lipinski definition) is 0. The average Bonchev–Trinajstić information content (AvgIpc) is 2.58. The highest BCUT2D eigenvalue weighted by atomic mass is 16.5. The van der Waals surface area contributed by atoms with Gasteiger partial charge in [-0.3, -0.25) is 0 Å². The molecular formula is C20H30O4. The smallest absolute Gasteiger partial charge is 0.118 e. The molecule has 1 aromatic carbocycles. The van der Waals surface area contributed by atoms with Crippen molar-refractivity contribution >= 4 is 11.1 Å². The van der Waals surface area contributed by atoms with Gasteiger partial charge in [0, 0.05) is 14.2 Å². The summed E-state index contributed by atoms with van der Waals surface area (Å²) in [6, 6.07) is 8.34. The van der Waals surface area contributed by atoms with E-state index in [2.05, 4.69) is 24.3 Å². The van der Waals surface area contributed by atoms with Gasteiger partial charge < -0.3 is 18.9 Å². The van der Waals surface area contributed by atoms with Gasteiger partial charge in [0.2, 0.25) is 0 Å². The van der Waals surface area contributed by atoms with Gasteiger partial charge in [-0.1, -0.05) is 24.3 Å². The van der Waals surface area contributed by atoms with Crippen LogP contribution < -0.4 is 0 Å². The van der Waals surface area contributed by atoms with Crippen molar-refractivity contribution in [3.63, 3.8) is 0 Å². The Morgan fingerprint density at radius 2 is 1.12 bits per heavy atom. The second kappa shape index (κ2) is 10.9. The van der Waals surface area contributed by atoms with Crippen molar-refractivity contribution < 1.29 is 18.9 Å². The number of hydrogen-bond acceptors (Lipinski definition) is 4. The summed E-state index contributed by atoms with van der Waals surface area (Å²) in [5.41, 5.74) is 4.42. The van der Waals surface area contributed by atoms with Gasteiger partial charge in [0.05, 0.1) is 25.7 Å². The largest absolute Gasteiger partial charge is 0.496 e. The minimum atomic E-state index is 0.0423. The van der Waals surface area contributed by atoms with E-state index in [0.29, 0.717) is 13.2 Å². The van der Waals surface area contributed by atoms with Crippen LogP contribution >= 0.6 is 0 Å². The molecule has 1 aromatic rings. The van der Waals surface area contributed by atoms with Gasteiger partial charge in [-0.05, 0) is 50.0 Å². The van der Waals surface area contributed by atoms with Crippen LogP contribution in [0.15, 0.2) is 36.8 Å². The quantitative estimate of drug-likeness (QED) is 0.590. The average molecular weight is 334 g/mol. The van der Waals surface area contributed by atoms with E-state index in [0.717, 1.165) is 22.3 Å². The molecule has 4 nitrogen and oxygen atoms in total. The molecule has 0 saturated carbocycles. The van der Waals surface area contributed by atoms with E-state index in [1.807, 2.05) is 27.7 Å². The predicted octanol–water partition coefficient (Wildman–Crippen LogP) is 4.51. The summed E-state index contributed by atoms with van der Waals surface area (Å²) in [4.78, 5) is 0. The summed E-state index contributed by atoms with van der Waals surface area (Å²) in [5.74, 6) is 0. The molecule has 0 aliphatic rings. The van der Waals surface area contributed by atoms with Gasteiger partial charge in [0.1, 0.15) is 12.2 Å². The molecule has 134 valence electrons. The van der Waals surface area contributed by atoms with Crippen LogP contribution in [0.3, 0.4) is 0 Å². The first-order valence-corrected chi connectivity index (χ1v) is 8.21. The number of ether oxygens (including phenoxy) is 4. The van der Waals surface area contributed by atoms with E-state index >= 15 is 0 Å². The van der Waals surface area contributed by atoms with E-state index < -0.39 is 0 Å². The maximum absolute atomic E-state index is 5.63. The first-order valence-electron chi connectivity index (χ1n) is 8.21. The number of rotatable bonds is 10. The van der Waals surface area contributed by atoms with Crippen molar-refractivity contribution in [2.24, 2.45) is 0 Å². The molecule has 0 radical (unpaired) electrons. The highest BCUT2D eigenvalue weighted by Crippen LogP contribution is 2.19. The first kappa shape index (κ1) is 20.3. The molecule has 0 amide bonds. The lowest BCUT2D eigenvalue weighted by Crippen LogP contribution is -2.11. The maximum Gasteiger partial charge on any atom is 0.118 e. The molecule has 0 aromatic heterocycles. The van der Waals surface area contributed by atoms with Gasteiger partial charge in [0.25, 0.3) is 0 Å². The van der Waals surface area contributed by atoms with Gasteiger partial charge in [0.15, 0.2) is 0 Å². The van der Waals surface area contributed by atoms with Crippen molar-refractivity contribution in [2.75, 3.05) is 27.4 Å².